The zero-order valence-electron chi connectivity index (χ0n) is 15.3. The summed E-state index contributed by atoms with van der Waals surface area (Å²) in [7, 11) is 0. The Labute approximate surface area is 166 Å². The van der Waals surface area contributed by atoms with Gasteiger partial charge < -0.3 is 9.88 Å². The summed E-state index contributed by atoms with van der Waals surface area (Å²) < 4.78 is 2.13. The number of anilines is 1. The summed E-state index contributed by atoms with van der Waals surface area (Å²) in [6.45, 7) is 4.80. The SMILES string of the molecule is CCn1c(S[C@H](C)C(=O)Nc2nc(-c3ccccc3)cs2)nnc1C1CC1. The predicted molar refractivity (Wildman–Crippen MR) is 109 cm³/mol. The lowest BCUT2D eigenvalue weighted by Crippen LogP contribution is -2.23. The molecule has 1 amide bonds. The number of amides is 1. The summed E-state index contributed by atoms with van der Waals surface area (Å²) in [5, 5.41) is 14.7. The zero-order chi connectivity index (χ0) is 18.8. The van der Waals surface area contributed by atoms with Crippen molar-refractivity contribution in [2.24, 2.45) is 0 Å². The van der Waals surface area contributed by atoms with E-state index in [1.165, 1.54) is 35.9 Å². The van der Waals surface area contributed by atoms with Gasteiger partial charge in [-0.05, 0) is 26.7 Å². The molecule has 0 saturated heterocycles. The van der Waals surface area contributed by atoms with E-state index in [-0.39, 0.29) is 11.2 Å². The smallest absolute Gasteiger partial charge is 0.239 e. The van der Waals surface area contributed by atoms with Crippen LogP contribution in [-0.4, -0.2) is 30.9 Å². The van der Waals surface area contributed by atoms with Crippen molar-refractivity contribution in [2.45, 2.75) is 49.6 Å². The summed E-state index contributed by atoms with van der Waals surface area (Å²) in [5.74, 6) is 1.52. The molecular weight excluding hydrogens is 378 g/mol. The van der Waals surface area contributed by atoms with Crippen molar-refractivity contribution >= 4 is 34.1 Å². The standard InChI is InChI=1S/C19H21N5OS2/c1-3-24-16(14-9-10-14)22-23-19(24)27-12(2)17(25)21-18-20-15(11-26-18)13-7-5-4-6-8-13/h4-8,11-12,14H,3,9-10H2,1-2H3,(H,20,21,25)/t12-/m1/s1. The van der Waals surface area contributed by atoms with Crippen LogP contribution >= 0.6 is 23.1 Å². The molecule has 6 nitrogen and oxygen atoms in total. The lowest BCUT2D eigenvalue weighted by atomic mass is 10.2. The molecule has 140 valence electrons. The predicted octanol–water partition coefficient (Wildman–Crippen LogP) is 4.42. The van der Waals surface area contributed by atoms with Crippen molar-refractivity contribution in [2.75, 3.05) is 5.32 Å². The molecule has 1 aliphatic rings. The van der Waals surface area contributed by atoms with E-state index in [1.54, 1.807) is 0 Å². The molecule has 1 N–H and O–H groups in total. The van der Waals surface area contributed by atoms with Crippen LogP contribution in [0.4, 0.5) is 5.13 Å². The van der Waals surface area contributed by atoms with Gasteiger partial charge in [0.25, 0.3) is 0 Å². The minimum atomic E-state index is -0.282. The average molecular weight is 400 g/mol. The Bertz CT molecular complexity index is 933. The van der Waals surface area contributed by atoms with E-state index < -0.39 is 0 Å². The summed E-state index contributed by atoms with van der Waals surface area (Å²) >= 11 is 2.88. The third-order valence-corrected chi connectivity index (χ3v) is 6.30. The van der Waals surface area contributed by atoms with Gasteiger partial charge in [0.05, 0.1) is 10.9 Å². The van der Waals surface area contributed by atoms with Crippen LogP contribution in [0.15, 0.2) is 40.9 Å². The van der Waals surface area contributed by atoms with Crippen LogP contribution in [-0.2, 0) is 11.3 Å². The third kappa shape index (κ3) is 4.06. The van der Waals surface area contributed by atoms with Gasteiger partial charge in [0.2, 0.25) is 5.91 Å². The molecule has 2 aromatic heterocycles. The van der Waals surface area contributed by atoms with E-state index in [0.29, 0.717) is 11.0 Å². The molecule has 4 rings (SSSR count). The molecule has 0 spiro atoms. The number of carbonyl (C=O) groups is 1. The number of thiazole rings is 1. The number of hydrogen-bond donors (Lipinski definition) is 1. The first-order valence-corrected chi connectivity index (χ1v) is 10.8. The fourth-order valence-corrected chi connectivity index (χ4v) is 4.46. The lowest BCUT2D eigenvalue weighted by Gasteiger charge is -2.11. The zero-order valence-corrected chi connectivity index (χ0v) is 16.9. The average Bonchev–Trinajstić information content (AvgIpc) is 3.29. The van der Waals surface area contributed by atoms with Gasteiger partial charge in [-0.15, -0.1) is 21.5 Å². The maximum absolute atomic E-state index is 12.6. The fraction of sp³-hybridized carbons (Fsp3) is 0.368. The van der Waals surface area contributed by atoms with Crippen LogP contribution in [0.1, 0.15) is 38.4 Å². The quantitative estimate of drug-likeness (QED) is 0.596. The fourth-order valence-electron chi connectivity index (χ4n) is 2.82. The molecule has 0 unspecified atom stereocenters. The first-order valence-electron chi connectivity index (χ1n) is 9.07. The minimum absolute atomic E-state index is 0.0763. The number of thioether (sulfide) groups is 1. The number of hydrogen-bond acceptors (Lipinski definition) is 6. The topological polar surface area (TPSA) is 72.7 Å². The normalized spacial score (nSPS) is 14.9. The highest BCUT2D eigenvalue weighted by Gasteiger charge is 2.30. The lowest BCUT2D eigenvalue weighted by molar-refractivity contribution is -0.115. The molecule has 1 fully saturated rings. The molecule has 1 atom stereocenters. The first kappa shape index (κ1) is 18.2. The second kappa shape index (κ2) is 7.82. The van der Waals surface area contributed by atoms with E-state index >= 15 is 0 Å². The number of nitrogens with zero attached hydrogens (tertiary/aromatic N) is 4. The summed E-state index contributed by atoms with van der Waals surface area (Å²) in [4.78, 5) is 17.1. The molecule has 2 heterocycles. The molecule has 1 aromatic carbocycles. The Balaban J connectivity index is 1.41. The molecule has 8 heteroatoms. The Hall–Kier alpha value is -2.19. The second-order valence-corrected chi connectivity index (χ2v) is 8.68. The summed E-state index contributed by atoms with van der Waals surface area (Å²) in [6, 6.07) is 9.94. The maximum atomic E-state index is 12.6. The molecular formula is C19H21N5OS2. The molecule has 3 aromatic rings. The molecule has 27 heavy (non-hydrogen) atoms. The molecule has 1 aliphatic carbocycles. The van der Waals surface area contributed by atoms with E-state index in [1.807, 2.05) is 42.6 Å². The highest BCUT2D eigenvalue weighted by molar-refractivity contribution is 8.00. The van der Waals surface area contributed by atoms with Gasteiger partial charge in [-0.1, -0.05) is 42.1 Å². The van der Waals surface area contributed by atoms with Crippen LogP contribution in [0, 0.1) is 0 Å². The highest BCUT2D eigenvalue weighted by atomic mass is 32.2. The third-order valence-electron chi connectivity index (χ3n) is 4.46. The second-order valence-electron chi connectivity index (χ2n) is 6.51. The van der Waals surface area contributed by atoms with Crippen molar-refractivity contribution in [1.29, 1.82) is 0 Å². The van der Waals surface area contributed by atoms with Gasteiger partial charge >= 0.3 is 0 Å². The molecule has 0 radical (unpaired) electrons. The Morgan fingerprint density at radius 1 is 1.33 bits per heavy atom. The van der Waals surface area contributed by atoms with E-state index in [9.17, 15) is 4.79 Å². The number of aromatic nitrogens is 4. The van der Waals surface area contributed by atoms with Crippen molar-refractivity contribution < 1.29 is 4.79 Å². The largest absolute Gasteiger partial charge is 0.306 e. The minimum Gasteiger partial charge on any atom is -0.306 e. The Kier molecular flexibility index (Phi) is 5.27. The van der Waals surface area contributed by atoms with Crippen molar-refractivity contribution in [3.05, 3.63) is 41.5 Å². The van der Waals surface area contributed by atoms with E-state index in [0.717, 1.165) is 28.8 Å². The number of benzene rings is 1. The van der Waals surface area contributed by atoms with E-state index in [2.05, 4.69) is 32.0 Å². The van der Waals surface area contributed by atoms with Crippen LogP contribution in [0.25, 0.3) is 11.3 Å². The number of rotatable bonds is 7. The van der Waals surface area contributed by atoms with Crippen LogP contribution in [0.3, 0.4) is 0 Å². The van der Waals surface area contributed by atoms with Gasteiger partial charge in [0.1, 0.15) is 5.82 Å². The van der Waals surface area contributed by atoms with Crippen LogP contribution in [0.5, 0.6) is 0 Å². The van der Waals surface area contributed by atoms with Gasteiger partial charge in [0, 0.05) is 23.4 Å². The number of carbonyl (C=O) groups excluding carboxylic acids is 1. The van der Waals surface area contributed by atoms with Crippen molar-refractivity contribution in [3.63, 3.8) is 0 Å². The van der Waals surface area contributed by atoms with Gasteiger partial charge in [-0.2, -0.15) is 0 Å². The van der Waals surface area contributed by atoms with E-state index in [4.69, 9.17) is 0 Å². The van der Waals surface area contributed by atoms with Gasteiger partial charge in [0.15, 0.2) is 10.3 Å². The molecule has 0 aliphatic heterocycles. The Morgan fingerprint density at radius 3 is 2.81 bits per heavy atom. The summed E-state index contributed by atoms with van der Waals surface area (Å²) in [6.07, 6.45) is 2.37. The maximum Gasteiger partial charge on any atom is 0.239 e. The van der Waals surface area contributed by atoms with Crippen molar-refractivity contribution in [1.82, 2.24) is 19.7 Å². The first-order chi connectivity index (χ1) is 13.2. The number of nitrogens with one attached hydrogen (secondary N) is 1. The monoisotopic (exact) mass is 399 g/mol. The Morgan fingerprint density at radius 2 is 2.11 bits per heavy atom. The van der Waals surface area contributed by atoms with Crippen LogP contribution < -0.4 is 5.32 Å². The molecule has 1 saturated carbocycles. The highest BCUT2D eigenvalue weighted by Crippen LogP contribution is 2.40. The molecule has 0 bridgehead atoms. The summed E-state index contributed by atoms with van der Waals surface area (Å²) in [5.41, 5.74) is 1.91. The van der Waals surface area contributed by atoms with Crippen LogP contribution in [0.2, 0.25) is 0 Å². The van der Waals surface area contributed by atoms with Crippen molar-refractivity contribution in [3.8, 4) is 11.3 Å². The van der Waals surface area contributed by atoms with Gasteiger partial charge in [-0.25, -0.2) is 4.98 Å². The van der Waals surface area contributed by atoms with Gasteiger partial charge in [-0.3, -0.25) is 4.79 Å².